The van der Waals surface area contributed by atoms with Crippen molar-refractivity contribution in [1.29, 1.82) is 0 Å². The summed E-state index contributed by atoms with van der Waals surface area (Å²) in [5, 5.41) is 2.88. The molecule has 2 amide bonds. The molecule has 19 heavy (non-hydrogen) atoms. The van der Waals surface area contributed by atoms with Crippen molar-refractivity contribution in [2.75, 3.05) is 31.6 Å². The van der Waals surface area contributed by atoms with Gasteiger partial charge in [0.15, 0.2) is 0 Å². The molecule has 0 saturated heterocycles. The molecule has 0 fully saturated rings. The van der Waals surface area contributed by atoms with Crippen molar-refractivity contribution >= 4 is 11.7 Å². The lowest BCUT2D eigenvalue weighted by Crippen LogP contribution is -2.41. The van der Waals surface area contributed by atoms with Gasteiger partial charge in [-0.15, -0.1) is 0 Å². The number of hydrogen-bond acceptors (Lipinski definition) is 3. The fraction of sp³-hybridized carbons (Fsp3) is 0.500. The van der Waals surface area contributed by atoms with Gasteiger partial charge in [0.1, 0.15) is 5.75 Å². The van der Waals surface area contributed by atoms with Crippen molar-refractivity contribution in [3.8, 4) is 5.75 Å². The lowest BCUT2D eigenvalue weighted by Gasteiger charge is -2.23. The summed E-state index contributed by atoms with van der Waals surface area (Å²) >= 11 is 0. The lowest BCUT2D eigenvalue weighted by atomic mass is 10.2. The maximum Gasteiger partial charge on any atom is 0.321 e. The van der Waals surface area contributed by atoms with Gasteiger partial charge in [-0.25, -0.2) is 4.79 Å². The summed E-state index contributed by atoms with van der Waals surface area (Å²) in [5.74, 6) is 0.775. The Bertz CT molecular complexity index is 379. The van der Waals surface area contributed by atoms with Crippen LogP contribution in [-0.2, 0) is 0 Å². The number of nitrogens with zero attached hydrogens (tertiary/aromatic N) is 1. The Labute approximate surface area is 114 Å². The van der Waals surface area contributed by atoms with Crippen molar-refractivity contribution in [3.63, 3.8) is 0 Å². The Kier molecular flexibility index (Phi) is 6.74. The molecule has 0 heterocycles. The molecule has 0 aliphatic heterocycles. The summed E-state index contributed by atoms with van der Waals surface area (Å²) in [7, 11) is 1.62. The minimum Gasteiger partial charge on any atom is -0.497 e. The Morgan fingerprint density at radius 1 is 1.37 bits per heavy atom. The molecule has 0 aromatic heterocycles. The number of benzene rings is 1. The van der Waals surface area contributed by atoms with Gasteiger partial charge in [0.05, 0.1) is 7.11 Å². The number of carbonyl (C=O) groups excluding carboxylic acids is 1. The third kappa shape index (κ3) is 4.79. The number of amides is 2. The largest absolute Gasteiger partial charge is 0.497 e. The van der Waals surface area contributed by atoms with Gasteiger partial charge in [-0.2, -0.15) is 0 Å². The highest BCUT2D eigenvalue weighted by Crippen LogP contribution is 2.19. The zero-order chi connectivity index (χ0) is 14.1. The molecular formula is C14H23N3O2. The molecule has 1 rings (SSSR count). The van der Waals surface area contributed by atoms with Crippen LogP contribution in [0.2, 0.25) is 0 Å². The highest BCUT2D eigenvalue weighted by molar-refractivity contribution is 5.91. The summed E-state index contributed by atoms with van der Waals surface area (Å²) < 4.78 is 5.12. The van der Waals surface area contributed by atoms with Crippen molar-refractivity contribution < 1.29 is 9.53 Å². The van der Waals surface area contributed by atoms with Crippen LogP contribution >= 0.6 is 0 Å². The monoisotopic (exact) mass is 265 g/mol. The molecule has 0 bridgehead atoms. The number of rotatable bonds is 7. The van der Waals surface area contributed by atoms with Gasteiger partial charge in [-0.05, 0) is 43.7 Å². The normalized spacial score (nSPS) is 10.1. The van der Waals surface area contributed by atoms with Crippen molar-refractivity contribution in [2.45, 2.75) is 19.8 Å². The highest BCUT2D eigenvalue weighted by atomic mass is 16.5. The van der Waals surface area contributed by atoms with Crippen LogP contribution in [0.5, 0.6) is 5.75 Å². The first-order chi connectivity index (χ1) is 9.22. The standard InChI is InChI=1S/C14H23N3O2/c1-3-10-16-14(18)17(11-4-9-15)12-5-7-13(19-2)8-6-12/h5-8H,3-4,9-11,15H2,1-2H3,(H,16,18). The summed E-state index contributed by atoms with van der Waals surface area (Å²) in [4.78, 5) is 13.8. The molecule has 0 aliphatic carbocycles. The molecule has 0 radical (unpaired) electrons. The number of hydrogen-bond donors (Lipinski definition) is 2. The minimum atomic E-state index is -0.0829. The van der Waals surface area contributed by atoms with E-state index in [1.165, 1.54) is 0 Å². The molecule has 0 aliphatic rings. The summed E-state index contributed by atoms with van der Waals surface area (Å²) in [6.07, 6.45) is 1.69. The van der Waals surface area contributed by atoms with Crippen molar-refractivity contribution in [3.05, 3.63) is 24.3 Å². The summed E-state index contributed by atoms with van der Waals surface area (Å²) in [6, 6.07) is 7.36. The Morgan fingerprint density at radius 2 is 2.05 bits per heavy atom. The van der Waals surface area contributed by atoms with Gasteiger partial charge >= 0.3 is 6.03 Å². The molecule has 0 saturated carbocycles. The van der Waals surface area contributed by atoms with Gasteiger partial charge < -0.3 is 15.8 Å². The second kappa shape index (κ2) is 8.37. The van der Waals surface area contributed by atoms with Crippen LogP contribution in [0.15, 0.2) is 24.3 Å². The summed E-state index contributed by atoms with van der Waals surface area (Å²) in [6.45, 7) is 3.87. The van der Waals surface area contributed by atoms with E-state index in [1.807, 2.05) is 31.2 Å². The van der Waals surface area contributed by atoms with E-state index in [0.29, 0.717) is 19.6 Å². The van der Waals surface area contributed by atoms with Crippen molar-refractivity contribution in [1.82, 2.24) is 5.32 Å². The number of anilines is 1. The molecule has 1 aromatic carbocycles. The quantitative estimate of drug-likeness (QED) is 0.792. The molecule has 0 spiro atoms. The molecule has 5 heteroatoms. The SMILES string of the molecule is CCCNC(=O)N(CCCN)c1ccc(OC)cc1. The molecular weight excluding hydrogens is 242 g/mol. The number of methoxy groups -OCH3 is 1. The molecule has 5 nitrogen and oxygen atoms in total. The first kappa shape index (κ1) is 15.3. The van der Waals surface area contributed by atoms with Crippen LogP contribution in [0.4, 0.5) is 10.5 Å². The van der Waals surface area contributed by atoms with E-state index in [0.717, 1.165) is 24.3 Å². The highest BCUT2D eigenvalue weighted by Gasteiger charge is 2.14. The number of ether oxygens (including phenoxy) is 1. The third-order valence-corrected chi connectivity index (χ3v) is 2.74. The number of carbonyl (C=O) groups is 1. The first-order valence-electron chi connectivity index (χ1n) is 6.62. The van der Waals surface area contributed by atoms with E-state index in [1.54, 1.807) is 12.0 Å². The molecule has 0 unspecified atom stereocenters. The zero-order valence-corrected chi connectivity index (χ0v) is 11.7. The van der Waals surface area contributed by atoms with Crippen molar-refractivity contribution in [2.24, 2.45) is 5.73 Å². The van der Waals surface area contributed by atoms with Crippen LogP contribution in [-0.4, -0.2) is 32.8 Å². The Balaban J connectivity index is 2.78. The summed E-state index contributed by atoms with van der Waals surface area (Å²) in [5.41, 5.74) is 6.37. The van der Waals surface area contributed by atoms with Crippen LogP contribution in [0.25, 0.3) is 0 Å². The minimum absolute atomic E-state index is 0.0829. The topological polar surface area (TPSA) is 67.6 Å². The van der Waals surface area contributed by atoms with Gasteiger partial charge in [0.25, 0.3) is 0 Å². The van der Waals surface area contributed by atoms with Crippen LogP contribution in [0.3, 0.4) is 0 Å². The maximum absolute atomic E-state index is 12.1. The maximum atomic E-state index is 12.1. The lowest BCUT2D eigenvalue weighted by molar-refractivity contribution is 0.246. The fourth-order valence-corrected chi connectivity index (χ4v) is 1.69. The van der Waals surface area contributed by atoms with Crippen LogP contribution in [0.1, 0.15) is 19.8 Å². The number of nitrogens with two attached hydrogens (primary N) is 1. The van der Waals surface area contributed by atoms with Gasteiger partial charge in [-0.1, -0.05) is 6.92 Å². The van der Waals surface area contributed by atoms with Gasteiger partial charge in [-0.3, -0.25) is 4.90 Å². The van der Waals surface area contributed by atoms with E-state index in [2.05, 4.69) is 5.32 Å². The molecule has 106 valence electrons. The van der Waals surface area contributed by atoms with E-state index in [-0.39, 0.29) is 6.03 Å². The number of nitrogens with one attached hydrogen (secondary N) is 1. The van der Waals surface area contributed by atoms with E-state index >= 15 is 0 Å². The Hall–Kier alpha value is -1.75. The van der Waals surface area contributed by atoms with Crippen LogP contribution < -0.4 is 20.7 Å². The predicted octanol–water partition coefficient (Wildman–Crippen LogP) is 1.97. The van der Waals surface area contributed by atoms with Crippen LogP contribution in [0, 0.1) is 0 Å². The van der Waals surface area contributed by atoms with E-state index < -0.39 is 0 Å². The Morgan fingerprint density at radius 3 is 2.58 bits per heavy atom. The molecule has 3 N–H and O–H groups in total. The third-order valence-electron chi connectivity index (χ3n) is 2.74. The average molecular weight is 265 g/mol. The second-order valence-corrected chi connectivity index (χ2v) is 4.22. The predicted molar refractivity (Wildman–Crippen MR) is 77.7 cm³/mol. The smallest absolute Gasteiger partial charge is 0.321 e. The van der Waals surface area contributed by atoms with E-state index in [4.69, 9.17) is 10.5 Å². The first-order valence-corrected chi connectivity index (χ1v) is 6.62. The molecule has 1 aromatic rings. The second-order valence-electron chi connectivity index (χ2n) is 4.22. The molecule has 0 atom stereocenters. The zero-order valence-electron chi connectivity index (χ0n) is 11.7. The fourth-order valence-electron chi connectivity index (χ4n) is 1.69. The van der Waals surface area contributed by atoms with E-state index in [9.17, 15) is 4.79 Å². The average Bonchev–Trinajstić information content (AvgIpc) is 2.46. The van der Waals surface area contributed by atoms with Gasteiger partial charge in [0, 0.05) is 18.8 Å². The number of urea groups is 1. The van der Waals surface area contributed by atoms with Gasteiger partial charge in [0.2, 0.25) is 0 Å².